The van der Waals surface area contributed by atoms with E-state index in [4.69, 9.17) is 11.6 Å². The van der Waals surface area contributed by atoms with Crippen LogP contribution in [0.4, 0.5) is 13.2 Å². The molecule has 3 aromatic heterocycles. The van der Waals surface area contributed by atoms with Crippen molar-refractivity contribution in [1.82, 2.24) is 14.7 Å². The van der Waals surface area contributed by atoms with Crippen molar-refractivity contribution >= 4 is 44.4 Å². The zero-order chi connectivity index (χ0) is 27.2. The summed E-state index contributed by atoms with van der Waals surface area (Å²) in [5.41, 5.74) is -2.07. The second-order valence-corrected chi connectivity index (χ2v) is 13.2. The highest BCUT2D eigenvalue weighted by Gasteiger charge is 2.51. The van der Waals surface area contributed by atoms with E-state index in [0.717, 1.165) is 21.9 Å². The molecular weight excluding hydrogens is 543 g/mol. The molecule has 0 saturated heterocycles. The topological polar surface area (TPSA) is 81.1 Å². The van der Waals surface area contributed by atoms with E-state index in [1.54, 1.807) is 18.3 Å². The maximum absolute atomic E-state index is 13.5. The fraction of sp³-hybridized carbons (Fsp3) is 0.308. The van der Waals surface area contributed by atoms with E-state index in [9.17, 15) is 22.8 Å². The van der Waals surface area contributed by atoms with Gasteiger partial charge in [-0.3, -0.25) is 9.97 Å². The second-order valence-electron chi connectivity index (χ2n) is 9.68. The third-order valence-electron chi connectivity index (χ3n) is 5.85. The van der Waals surface area contributed by atoms with Gasteiger partial charge in [-0.25, -0.2) is 0 Å². The summed E-state index contributed by atoms with van der Waals surface area (Å²) in [5.74, 6) is 0. The molecule has 0 radical (unpaired) electrons. The van der Waals surface area contributed by atoms with E-state index in [0.29, 0.717) is 22.3 Å². The molecule has 0 fully saturated rings. The number of rotatable bonds is 6. The maximum Gasteiger partial charge on any atom is 0.421 e. The third kappa shape index (κ3) is 5.64. The summed E-state index contributed by atoms with van der Waals surface area (Å²) in [6.07, 6.45) is -2.09. The zero-order valence-electron chi connectivity index (χ0n) is 20.4. The predicted molar refractivity (Wildman–Crippen MR) is 143 cm³/mol. The number of aromatic nitrogens is 2. The lowest BCUT2D eigenvalue weighted by atomic mass is 9.95. The Hall–Kier alpha value is -2.21. The van der Waals surface area contributed by atoms with Crippen molar-refractivity contribution < 1.29 is 22.8 Å². The van der Waals surface area contributed by atoms with E-state index >= 15 is 0 Å². The van der Waals surface area contributed by atoms with Crippen molar-refractivity contribution in [3.8, 4) is 11.4 Å². The maximum atomic E-state index is 13.5. The van der Waals surface area contributed by atoms with Gasteiger partial charge in [0.25, 0.3) is 0 Å². The molecule has 0 saturated carbocycles. The first-order valence-corrected chi connectivity index (χ1v) is 13.6. The van der Waals surface area contributed by atoms with Gasteiger partial charge in [-0.15, -0.1) is 16.1 Å². The smallest absolute Gasteiger partial charge is 0.421 e. The Morgan fingerprint density at radius 3 is 2.35 bits per heavy atom. The van der Waals surface area contributed by atoms with Crippen LogP contribution in [0.25, 0.3) is 21.5 Å². The van der Waals surface area contributed by atoms with E-state index in [2.05, 4.69) is 14.7 Å². The van der Waals surface area contributed by atoms with Crippen molar-refractivity contribution in [3.63, 3.8) is 0 Å². The minimum absolute atomic E-state index is 0.196. The molecule has 196 valence electrons. The van der Waals surface area contributed by atoms with Crippen LogP contribution in [-0.4, -0.2) is 30.6 Å². The number of thiophene rings is 1. The lowest BCUT2D eigenvalue weighted by Gasteiger charge is -2.28. The van der Waals surface area contributed by atoms with Crippen molar-refractivity contribution in [2.45, 2.75) is 50.3 Å². The minimum atomic E-state index is -4.86. The highest BCUT2D eigenvalue weighted by molar-refractivity contribution is 7.90. The molecule has 37 heavy (non-hydrogen) atoms. The van der Waals surface area contributed by atoms with Crippen LogP contribution in [0.3, 0.4) is 0 Å². The van der Waals surface area contributed by atoms with Crippen LogP contribution < -0.4 is 4.72 Å². The largest absolute Gasteiger partial charge is 0.598 e. The van der Waals surface area contributed by atoms with E-state index in [1.807, 2.05) is 45.0 Å². The van der Waals surface area contributed by atoms with Crippen molar-refractivity contribution in [2.75, 3.05) is 0 Å². The van der Waals surface area contributed by atoms with Gasteiger partial charge in [0.2, 0.25) is 0 Å². The molecule has 3 heterocycles. The summed E-state index contributed by atoms with van der Waals surface area (Å²) in [4.78, 5) is 9.45. The quantitative estimate of drug-likeness (QED) is 0.247. The molecule has 2 N–H and O–H groups in total. The molecule has 4 rings (SSSR count). The van der Waals surface area contributed by atoms with Crippen LogP contribution in [0.5, 0.6) is 0 Å². The number of nitrogens with zero attached hydrogens (tertiary/aromatic N) is 2. The van der Waals surface area contributed by atoms with Crippen LogP contribution in [0.1, 0.15) is 49.7 Å². The van der Waals surface area contributed by atoms with Gasteiger partial charge in [-0.1, -0.05) is 29.8 Å². The van der Waals surface area contributed by atoms with Crippen LogP contribution in [-0.2, 0) is 17.0 Å². The molecular formula is C26H25ClF3N3O2S2. The van der Waals surface area contributed by atoms with Gasteiger partial charge in [0.15, 0.2) is 5.60 Å². The zero-order valence-corrected chi connectivity index (χ0v) is 22.8. The van der Waals surface area contributed by atoms with Crippen LogP contribution in [0, 0.1) is 0 Å². The molecule has 0 amide bonds. The highest BCUT2D eigenvalue weighted by atomic mass is 35.5. The number of pyridine rings is 2. The van der Waals surface area contributed by atoms with Crippen LogP contribution in [0.2, 0.25) is 5.02 Å². The minimum Gasteiger partial charge on any atom is -0.598 e. The van der Waals surface area contributed by atoms with Gasteiger partial charge in [-0.2, -0.15) is 13.2 Å². The first-order chi connectivity index (χ1) is 17.2. The Bertz CT molecular complexity index is 1420. The Kier molecular flexibility index (Phi) is 7.64. The van der Waals surface area contributed by atoms with Crippen molar-refractivity contribution in [2.24, 2.45) is 0 Å². The molecule has 0 aliphatic heterocycles. The Labute approximate surface area is 225 Å². The molecule has 0 spiro atoms. The standard InChI is InChI=1S/C26H25ClF3N3O2S2/c1-24(2,3)37(35)33-21(17-7-5-6-8-18(17)27)20-13-15-9-11-32-22(23(15)36-20)19-14-16(10-12-31-19)25(4,34)26(28,29)30/h5-14,21,33-34H,1-4H3/t21-,25+,37?/m0/s1. The van der Waals surface area contributed by atoms with Crippen molar-refractivity contribution in [1.29, 1.82) is 0 Å². The first kappa shape index (κ1) is 27.8. The van der Waals surface area contributed by atoms with Crippen molar-refractivity contribution in [3.05, 3.63) is 82.0 Å². The predicted octanol–water partition coefficient (Wildman–Crippen LogP) is 6.92. The van der Waals surface area contributed by atoms with Gasteiger partial charge in [0, 0.05) is 33.7 Å². The second kappa shape index (κ2) is 10.2. The number of fused-ring (bicyclic) bond motifs is 1. The molecule has 0 bridgehead atoms. The van der Waals surface area contributed by atoms with Gasteiger partial charge in [0.05, 0.1) is 10.4 Å². The average molecular weight is 568 g/mol. The number of benzene rings is 1. The molecule has 0 aliphatic carbocycles. The Balaban J connectivity index is 1.84. The molecule has 11 heteroatoms. The molecule has 4 aromatic rings. The Morgan fingerprint density at radius 1 is 1.03 bits per heavy atom. The van der Waals surface area contributed by atoms with Gasteiger partial charge >= 0.3 is 6.18 Å². The number of aliphatic hydroxyl groups is 1. The number of hydrogen-bond donors (Lipinski definition) is 2. The van der Waals surface area contributed by atoms with Crippen LogP contribution >= 0.6 is 22.9 Å². The van der Waals surface area contributed by atoms with Gasteiger partial charge in [0.1, 0.15) is 16.5 Å². The number of nitrogens with one attached hydrogen (secondary N) is 1. The van der Waals surface area contributed by atoms with Gasteiger partial charge in [-0.05, 0) is 74.5 Å². The summed E-state index contributed by atoms with van der Waals surface area (Å²) in [6, 6.07) is 12.8. The van der Waals surface area contributed by atoms with E-state index in [-0.39, 0.29) is 11.3 Å². The first-order valence-electron chi connectivity index (χ1n) is 11.3. The summed E-state index contributed by atoms with van der Waals surface area (Å²) in [5, 5.41) is 11.5. The molecule has 1 unspecified atom stereocenters. The molecule has 0 aliphatic rings. The van der Waals surface area contributed by atoms with Gasteiger partial charge < -0.3 is 9.66 Å². The Morgan fingerprint density at radius 2 is 1.70 bits per heavy atom. The molecule has 3 atom stereocenters. The lowest BCUT2D eigenvalue weighted by Crippen LogP contribution is -2.41. The summed E-state index contributed by atoms with van der Waals surface area (Å²) in [6.45, 7) is 6.29. The average Bonchev–Trinajstić information content (AvgIpc) is 3.26. The highest BCUT2D eigenvalue weighted by Crippen LogP contribution is 2.42. The number of hydrogen-bond acceptors (Lipinski definition) is 6. The third-order valence-corrected chi connectivity index (χ3v) is 8.98. The fourth-order valence-electron chi connectivity index (χ4n) is 3.60. The SMILES string of the molecule is CC(C)(C)[S+]([O-])N[C@H](c1cc2ccnc(-c3cc([C@@](C)(O)C(F)(F)F)ccn3)c2s1)c1ccccc1Cl. The molecule has 5 nitrogen and oxygen atoms in total. The summed E-state index contributed by atoms with van der Waals surface area (Å²) < 4.78 is 56.8. The monoisotopic (exact) mass is 567 g/mol. The van der Waals surface area contributed by atoms with E-state index < -0.39 is 33.9 Å². The number of alkyl halides is 3. The van der Waals surface area contributed by atoms with Crippen LogP contribution in [0.15, 0.2) is 60.9 Å². The lowest BCUT2D eigenvalue weighted by molar-refractivity contribution is -0.258. The summed E-state index contributed by atoms with van der Waals surface area (Å²) in [7, 11) is 0. The summed E-state index contributed by atoms with van der Waals surface area (Å²) >= 11 is 6.45. The van der Waals surface area contributed by atoms with E-state index in [1.165, 1.54) is 23.6 Å². The fourth-order valence-corrected chi connectivity index (χ4v) is 5.97. The number of halogens is 4. The normalized spacial score (nSPS) is 15.9. The molecule has 1 aromatic carbocycles.